The van der Waals surface area contributed by atoms with E-state index in [9.17, 15) is 0 Å². The molecule has 2 aromatic heterocycles. The van der Waals surface area contributed by atoms with Crippen molar-refractivity contribution in [1.82, 2.24) is 9.97 Å². The largest absolute Gasteiger partial charge is 0.384 e. The van der Waals surface area contributed by atoms with Gasteiger partial charge in [-0.15, -0.1) is 17.0 Å². The normalized spacial score (nSPS) is 9.33. The van der Waals surface area contributed by atoms with E-state index in [4.69, 9.17) is 5.73 Å². The van der Waals surface area contributed by atoms with Crippen molar-refractivity contribution in [3.63, 3.8) is 0 Å². The maximum absolute atomic E-state index is 5.47. The fraction of sp³-hybridized carbons (Fsp3) is 0. The molecule has 0 saturated carbocycles. The van der Waals surface area contributed by atoms with Gasteiger partial charge in [-0.05, 0) is 24.3 Å². The summed E-state index contributed by atoms with van der Waals surface area (Å²) in [5.41, 5.74) is 6.17. The van der Waals surface area contributed by atoms with E-state index in [1.54, 1.807) is 12.3 Å². The lowest BCUT2D eigenvalue weighted by Crippen LogP contribution is -1.90. The minimum Gasteiger partial charge on any atom is -0.384 e. The van der Waals surface area contributed by atoms with Gasteiger partial charge in [-0.1, -0.05) is 0 Å². The summed E-state index contributed by atoms with van der Waals surface area (Å²) in [6.07, 6.45) is 1.70. The topological polar surface area (TPSA) is 51.8 Å². The van der Waals surface area contributed by atoms with Crippen LogP contribution in [0, 0.1) is 0 Å². The number of anilines is 1. The minimum atomic E-state index is 0. The smallest absolute Gasteiger partial charge is 0.161 e. The Hall–Kier alpha value is -1.16. The van der Waals surface area contributed by atoms with E-state index in [1.165, 1.54) is 0 Å². The molecule has 0 amide bonds. The summed E-state index contributed by atoms with van der Waals surface area (Å²) in [4.78, 5) is 8.09. The molecular weight excluding hydrogens is 218 g/mol. The third-order valence-electron chi connectivity index (χ3n) is 1.49. The second-order valence-corrected chi connectivity index (χ2v) is 2.29. The highest BCUT2D eigenvalue weighted by molar-refractivity contribution is 8.93. The first kappa shape index (κ1) is 8.93. The van der Waals surface area contributed by atoms with Crippen molar-refractivity contribution in [3.05, 3.63) is 30.5 Å². The van der Waals surface area contributed by atoms with Crippen LogP contribution < -0.4 is 5.73 Å². The molecule has 2 rings (SSSR count). The molecular formula is C8H8BrN3. The first-order chi connectivity index (χ1) is 5.36. The number of hydrogen-bond donors (Lipinski definition) is 1. The average molecular weight is 226 g/mol. The van der Waals surface area contributed by atoms with Crippen LogP contribution in [-0.4, -0.2) is 9.97 Å². The summed E-state index contributed by atoms with van der Waals surface area (Å²) in [5, 5.41) is 1.02. The number of nitrogens with zero attached hydrogens (tertiary/aromatic N) is 2. The van der Waals surface area contributed by atoms with E-state index < -0.39 is 0 Å². The van der Waals surface area contributed by atoms with E-state index in [2.05, 4.69) is 9.97 Å². The molecule has 0 atom stereocenters. The van der Waals surface area contributed by atoms with Crippen molar-refractivity contribution in [1.29, 1.82) is 0 Å². The summed E-state index contributed by atoms with van der Waals surface area (Å²) in [6, 6.07) is 7.50. The lowest BCUT2D eigenvalue weighted by Gasteiger charge is -1.94. The number of nitrogens with two attached hydrogens (primary N) is 1. The van der Waals surface area contributed by atoms with Gasteiger partial charge in [0.05, 0.1) is 0 Å². The molecule has 12 heavy (non-hydrogen) atoms. The standard InChI is InChI=1S/C8H7N3.BrH/c9-7-4-3-6-2-1-5-10-8(6)11-7;/h1-5H,(H2,9,10,11);1H. The molecule has 0 aliphatic heterocycles. The Kier molecular flexibility index (Phi) is 2.60. The van der Waals surface area contributed by atoms with Gasteiger partial charge in [0.1, 0.15) is 5.82 Å². The van der Waals surface area contributed by atoms with Crippen molar-refractivity contribution >= 4 is 33.8 Å². The molecule has 0 radical (unpaired) electrons. The van der Waals surface area contributed by atoms with Crippen LogP contribution in [0.1, 0.15) is 0 Å². The molecule has 2 heterocycles. The molecule has 62 valence electrons. The van der Waals surface area contributed by atoms with Crippen LogP contribution in [0.2, 0.25) is 0 Å². The van der Waals surface area contributed by atoms with Gasteiger partial charge < -0.3 is 5.73 Å². The minimum absolute atomic E-state index is 0. The van der Waals surface area contributed by atoms with Crippen molar-refractivity contribution in [2.24, 2.45) is 0 Å². The quantitative estimate of drug-likeness (QED) is 0.744. The van der Waals surface area contributed by atoms with Gasteiger partial charge in [0.15, 0.2) is 5.65 Å². The second kappa shape index (κ2) is 3.49. The number of aromatic nitrogens is 2. The molecule has 4 heteroatoms. The fourth-order valence-electron chi connectivity index (χ4n) is 0.968. The first-order valence-corrected chi connectivity index (χ1v) is 3.33. The Morgan fingerprint density at radius 1 is 1.17 bits per heavy atom. The Labute approximate surface area is 80.4 Å². The number of fused-ring (bicyclic) bond motifs is 1. The first-order valence-electron chi connectivity index (χ1n) is 3.33. The Morgan fingerprint density at radius 3 is 2.83 bits per heavy atom. The number of nitrogen functional groups attached to an aromatic ring is 1. The molecule has 0 bridgehead atoms. The molecule has 2 N–H and O–H groups in total. The van der Waals surface area contributed by atoms with E-state index in [-0.39, 0.29) is 17.0 Å². The van der Waals surface area contributed by atoms with E-state index >= 15 is 0 Å². The molecule has 0 aliphatic rings. The van der Waals surface area contributed by atoms with Gasteiger partial charge in [-0.3, -0.25) is 0 Å². The third-order valence-corrected chi connectivity index (χ3v) is 1.49. The van der Waals surface area contributed by atoms with Crippen molar-refractivity contribution in [3.8, 4) is 0 Å². The van der Waals surface area contributed by atoms with Gasteiger partial charge in [0.2, 0.25) is 0 Å². The summed E-state index contributed by atoms with van der Waals surface area (Å²) in [7, 11) is 0. The Bertz CT molecular complexity index is 389. The van der Waals surface area contributed by atoms with Crippen molar-refractivity contribution in [2.75, 3.05) is 5.73 Å². The summed E-state index contributed by atoms with van der Waals surface area (Å²) < 4.78 is 0. The molecule has 0 aromatic carbocycles. The van der Waals surface area contributed by atoms with Crippen molar-refractivity contribution in [2.45, 2.75) is 0 Å². The highest BCUT2D eigenvalue weighted by Crippen LogP contribution is 2.09. The van der Waals surface area contributed by atoms with Crippen LogP contribution in [0.3, 0.4) is 0 Å². The van der Waals surface area contributed by atoms with Crippen LogP contribution in [0.15, 0.2) is 30.5 Å². The van der Waals surface area contributed by atoms with Gasteiger partial charge in [0, 0.05) is 11.6 Å². The average Bonchev–Trinajstić information content (AvgIpc) is 2.04. The molecule has 0 fully saturated rings. The Balaban J connectivity index is 0.000000720. The maximum atomic E-state index is 5.47. The van der Waals surface area contributed by atoms with E-state index in [0.717, 1.165) is 5.39 Å². The third kappa shape index (κ3) is 1.53. The maximum Gasteiger partial charge on any atom is 0.161 e. The second-order valence-electron chi connectivity index (χ2n) is 2.29. The van der Waals surface area contributed by atoms with Crippen LogP contribution in [0.4, 0.5) is 5.82 Å². The summed E-state index contributed by atoms with van der Waals surface area (Å²) in [6.45, 7) is 0. The van der Waals surface area contributed by atoms with Crippen LogP contribution >= 0.6 is 17.0 Å². The fourth-order valence-corrected chi connectivity index (χ4v) is 0.968. The molecule has 0 saturated heterocycles. The van der Waals surface area contributed by atoms with Gasteiger partial charge in [0.25, 0.3) is 0 Å². The highest BCUT2D eigenvalue weighted by Gasteiger charge is 1.92. The number of halogens is 1. The highest BCUT2D eigenvalue weighted by atomic mass is 79.9. The van der Waals surface area contributed by atoms with Crippen LogP contribution in [0.25, 0.3) is 11.0 Å². The Morgan fingerprint density at radius 2 is 2.00 bits per heavy atom. The van der Waals surface area contributed by atoms with E-state index in [0.29, 0.717) is 11.5 Å². The number of pyridine rings is 2. The summed E-state index contributed by atoms with van der Waals surface area (Å²) >= 11 is 0. The van der Waals surface area contributed by atoms with Crippen LogP contribution in [-0.2, 0) is 0 Å². The molecule has 0 unspecified atom stereocenters. The van der Waals surface area contributed by atoms with Gasteiger partial charge >= 0.3 is 0 Å². The van der Waals surface area contributed by atoms with Gasteiger partial charge in [-0.2, -0.15) is 0 Å². The predicted octanol–water partition coefficient (Wildman–Crippen LogP) is 1.79. The predicted molar refractivity (Wildman–Crippen MR) is 54.3 cm³/mol. The zero-order chi connectivity index (χ0) is 7.68. The zero-order valence-corrected chi connectivity index (χ0v) is 7.98. The van der Waals surface area contributed by atoms with E-state index in [1.807, 2.05) is 18.2 Å². The van der Waals surface area contributed by atoms with Gasteiger partial charge in [-0.25, -0.2) is 9.97 Å². The monoisotopic (exact) mass is 225 g/mol. The lowest BCUT2D eigenvalue weighted by molar-refractivity contribution is 1.29. The molecule has 2 aromatic rings. The molecule has 0 spiro atoms. The number of hydrogen-bond acceptors (Lipinski definition) is 3. The molecule has 3 nitrogen and oxygen atoms in total. The van der Waals surface area contributed by atoms with Crippen LogP contribution in [0.5, 0.6) is 0 Å². The van der Waals surface area contributed by atoms with Crippen molar-refractivity contribution < 1.29 is 0 Å². The summed E-state index contributed by atoms with van der Waals surface area (Å²) in [5.74, 6) is 0.510. The lowest BCUT2D eigenvalue weighted by atomic mass is 10.3. The number of rotatable bonds is 0. The SMILES string of the molecule is Br.Nc1ccc2cccnc2n1. The molecule has 0 aliphatic carbocycles. The zero-order valence-electron chi connectivity index (χ0n) is 6.27.